The number of unbranched alkanes of at least 4 members (excludes halogenated alkanes) is 1. The number of ketones is 1. The van der Waals surface area contributed by atoms with E-state index in [0.29, 0.717) is 12.2 Å². The van der Waals surface area contributed by atoms with Crippen LogP contribution in [0.4, 0.5) is 0 Å². The highest BCUT2D eigenvalue weighted by Gasteiger charge is 2.17. The highest BCUT2D eigenvalue weighted by Crippen LogP contribution is 2.24. The average molecular weight is 275 g/mol. The minimum Gasteiger partial charge on any atom is -0.299 e. The molecular formula is C16H21NOS. The van der Waals surface area contributed by atoms with Crippen molar-refractivity contribution in [2.24, 2.45) is 5.92 Å². The van der Waals surface area contributed by atoms with Crippen LogP contribution in [-0.4, -0.2) is 10.8 Å². The van der Waals surface area contributed by atoms with Crippen molar-refractivity contribution in [3.63, 3.8) is 0 Å². The minimum atomic E-state index is 0.215. The van der Waals surface area contributed by atoms with Crippen LogP contribution in [0, 0.1) is 5.92 Å². The summed E-state index contributed by atoms with van der Waals surface area (Å²) in [4.78, 5) is 16.8. The van der Waals surface area contributed by atoms with Gasteiger partial charge in [0.25, 0.3) is 0 Å². The van der Waals surface area contributed by atoms with Crippen molar-refractivity contribution < 1.29 is 4.79 Å². The smallest absolute Gasteiger partial charge is 0.142 e. The molecule has 3 heteroatoms. The van der Waals surface area contributed by atoms with Crippen LogP contribution in [0.1, 0.15) is 44.5 Å². The van der Waals surface area contributed by atoms with Gasteiger partial charge in [-0.25, -0.2) is 4.98 Å². The Morgan fingerprint density at radius 3 is 2.79 bits per heavy atom. The van der Waals surface area contributed by atoms with E-state index in [4.69, 9.17) is 0 Å². The molecule has 0 aliphatic rings. The number of thiazole rings is 1. The fourth-order valence-corrected chi connectivity index (χ4v) is 3.31. The second-order valence-corrected chi connectivity index (χ2v) is 6.08. The minimum absolute atomic E-state index is 0.215. The zero-order chi connectivity index (χ0) is 13.7. The largest absolute Gasteiger partial charge is 0.299 e. The fourth-order valence-electron chi connectivity index (χ4n) is 2.33. The van der Waals surface area contributed by atoms with Gasteiger partial charge in [-0.1, -0.05) is 38.8 Å². The number of rotatable bonds is 7. The first-order valence-electron chi connectivity index (χ1n) is 7.11. The number of Topliss-reactive ketones (excluding diaryl/α,β-unsaturated/α-hetero) is 1. The molecule has 0 saturated carbocycles. The van der Waals surface area contributed by atoms with Crippen LogP contribution < -0.4 is 0 Å². The van der Waals surface area contributed by atoms with Gasteiger partial charge in [-0.3, -0.25) is 4.79 Å². The monoisotopic (exact) mass is 275 g/mol. The lowest BCUT2D eigenvalue weighted by atomic mass is 9.93. The summed E-state index contributed by atoms with van der Waals surface area (Å²) in [6, 6.07) is 8.08. The average Bonchev–Trinajstić information content (AvgIpc) is 2.81. The Hall–Kier alpha value is -1.22. The Labute approximate surface area is 118 Å². The molecule has 1 atom stereocenters. The van der Waals surface area contributed by atoms with Gasteiger partial charge in [-0.2, -0.15) is 0 Å². The fraction of sp³-hybridized carbons (Fsp3) is 0.500. The summed E-state index contributed by atoms with van der Waals surface area (Å²) in [6.07, 6.45) is 4.77. The third kappa shape index (κ3) is 3.63. The third-order valence-electron chi connectivity index (χ3n) is 3.52. The van der Waals surface area contributed by atoms with E-state index in [1.165, 1.54) is 4.70 Å². The molecule has 1 aromatic carbocycles. The summed E-state index contributed by atoms with van der Waals surface area (Å²) < 4.78 is 1.17. The highest BCUT2D eigenvalue weighted by molar-refractivity contribution is 7.18. The maximum Gasteiger partial charge on any atom is 0.142 e. The van der Waals surface area contributed by atoms with Crippen LogP contribution in [0.2, 0.25) is 0 Å². The Balaban J connectivity index is 2.04. The quantitative estimate of drug-likeness (QED) is 0.737. The van der Waals surface area contributed by atoms with Crippen molar-refractivity contribution in [2.75, 3.05) is 0 Å². The molecule has 1 heterocycles. The number of benzene rings is 1. The topological polar surface area (TPSA) is 30.0 Å². The molecule has 0 saturated heterocycles. The molecule has 0 radical (unpaired) electrons. The number of carbonyl (C=O) groups is 1. The Morgan fingerprint density at radius 1 is 1.32 bits per heavy atom. The first kappa shape index (κ1) is 14.2. The van der Waals surface area contributed by atoms with Gasteiger partial charge >= 0.3 is 0 Å². The molecule has 102 valence electrons. The molecule has 0 bridgehead atoms. The molecule has 0 fully saturated rings. The molecule has 2 rings (SSSR count). The van der Waals surface area contributed by atoms with Gasteiger partial charge in [0.2, 0.25) is 0 Å². The molecule has 0 aliphatic carbocycles. The van der Waals surface area contributed by atoms with Crippen molar-refractivity contribution in [2.45, 2.75) is 46.0 Å². The molecule has 19 heavy (non-hydrogen) atoms. The first-order chi connectivity index (χ1) is 9.24. The summed E-state index contributed by atoms with van der Waals surface area (Å²) >= 11 is 1.65. The van der Waals surface area contributed by atoms with Crippen molar-refractivity contribution in [3.8, 4) is 0 Å². The SMILES string of the molecule is CCCCC(CC)C(=O)Cc1nc2ccccc2s1. The summed E-state index contributed by atoms with van der Waals surface area (Å²) in [7, 11) is 0. The van der Waals surface area contributed by atoms with E-state index in [1.54, 1.807) is 11.3 Å². The molecule has 1 aromatic heterocycles. The van der Waals surface area contributed by atoms with Crippen LogP contribution in [0.15, 0.2) is 24.3 Å². The van der Waals surface area contributed by atoms with E-state index in [0.717, 1.165) is 36.2 Å². The lowest BCUT2D eigenvalue weighted by molar-refractivity contribution is -0.122. The third-order valence-corrected chi connectivity index (χ3v) is 4.55. The lowest BCUT2D eigenvalue weighted by Gasteiger charge is -2.11. The maximum atomic E-state index is 12.3. The number of para-hydroxylation sites is 1. The van der Waals surface area contributed by atoms with E-state index in [9.17, 15) is 4.79 Å². The molecule has 0 aliphatic heterocycles. The Kier molecular flexibility index (Phi) is 5.08. The normalized spacial score (nSPS) is 12.7. The van der Waals surface area contributed by atoms with Gasteiger partial charge in [0.1, 0.15) is 10.8 Å². The molecule has 0 N–H and O–H groups in total. The van der Waals surface area contributed by atoms with Gasteiger partial charge in [0, 0.05) is 5.92 Å². The summed E-state index contributed by atoms with van der Waals surface area (Å²) in [5.41, 5.74) is 1.01. The number of hydrogen-bond donors (Lipinski definition) is 0. The van der Waals surface area contributed by atoms with E-state index in [2.05, 4.69) is 24.9 Å². The number of nitrogens with zero attached hydrogens (tertiary/aromatic N) is 1. The predicted octanol–water partition coefficient (Wildman–Crippen LogP) is 4.62. The van der Waals surface area contributed by atoms with E-state index in [-0.39, 0.29) is 5.92 Å². The zero-order valence-corrected chi connectivity index (χ0v) is 12.5. The molecule has 0 spiro atoms. The number of hydrogen-bond acceptors (Lipinski definition) is 3. The second-order valence-electron chi connectivity index (χ2n) is 4.97. The molecule has 2 aromatic rings. The second kappa shape index (κ2) is 6.80. The van der Waals surface area contributed by atoms with Crippen LogP contribution >= 0.6 is 11.3 Å². The van der Waals surface area contributed by atoms with Gasteiger partial charge < -0.3 is 0 Å². The van der Waals surface area contributed by atoms with Crippen LogP contribution in [-0.2, 0) is 11.2 Å². The van der Waals surface area contributed by atoms with Gasteiger partial charge in [-0.05, 0) is 25.0 Å². The van der Waals surface area contributed by atoms with Crippen LogP contribution in [0.5, 0.6) is 0 Å². The Morgan fingerprint density at radius 2 is 2.11 bits per heavy atom. The van der Waals surface area contributed by atoms with Crippen molar-refractivity contribution >= 4 is 27.3 Å². The lowest BCUT2D eigenvalue weighted by Crippen LogP contribution is -2.16. The van der Waals surface area contributed by atoms with Gasteiger partial charge in [0.15, 0.2) is 0 Å². The van der Waals surface area contributed by atoms with Crippen molar-refractivity contribution in [3.05, 3.63) is 29.3 Å². The predicted molar refractivity (Wildman–Crippen MR) is 81.6 cm³/mol. The summed E-state index contributed by atoms with van der Waals surface area (Å²) in [5, 5.41) is 0.959. The van der Waals surface area contributed by atoms with Gasteiger partial charge in [-0.15, -0.1) is 11.3 Å². The van der Waals surface area contributed by atoms with Crippen LogP contribution in [0.25, 0.3) is 10.2 Å². The number of aromatic nitrogens is 1. The van der Waals surface area contributed by atoms with E-state index >= 15 is 0 Å². The van der Waals surface area contributed by atoms with Gasteiger partial charge in [0.05, 0.1) is 16.6 Å². The summed E-state index contributed by atoms with van der Waals surface area (Å²) in [6.45, 7) is 4.28. The van der Waals surface area contributed by atoms with Crippen LogP contribution in [0.3, 0.4) is 0 Å². The Bertz CT molecular complexity index is 513. The molecule has 2 nitrogen and oxygen atoms in total. The van der Waals surface area contributed by atoms with Crippen molar-refractivity contribution in [1.29, 1.82) is 0 Å². The van der Waals surface area contributed by atoms with E-state index < -0.39 is 0 Å². The maximum absolute atomic E-state index is 12.3. The van der Waals surface area contributed by atoms with Crippen molar-refractivity contribution in [1.82, 2.24) is 4.98 Å². The molecule has 0 amide bonds. The standard InChI is InChI=1S/C16H21NOS/c1-3-5-8-12(4-2)14(18)11-16-17-13-9-6-7-10-15(13)19-16/h6-7,9-10,12H,3-5,8,11H2,1-2H3. The molecular weight excluding hydrogens is 254 g/mol. The molecule has 1 unspecified atom stereocenters. The zero-order valence-electron chi connectivity index (χ0n) is 11.7. The first-order valence-corrected chi connectivity index (χ1v) is 7.93. The van der Waals surface area contributed by atoms with E-state index in [1.807, 2.05) is 18.2 Å². The summed E-state index contributed by atoms with van der Waals surface area (Å²) in [5.74, 6) is 0.571. The number of carbonyl (C=O) groups excluding carboxylic acids is 1. The highest BCUT2D eigenvalue weighted by atomic mass is 32.1. The number of fused-ring (bicyclic) bond motifs is 1.